The lowest BCUT2D eigenvalue weighted by Crippen LogP contribution is -1.63. The van der Waals surface area contributed by atoms with E-state index in [-0.39, 0.29) is 0 Å². The van der Waals surface area contributed by atoms with Gasteiger partial charge in [0.1, 0.15) is 0 Å². The van der Waals surface area contributed by atoms with Gasteiger partial charge in [0.2, 0.25) is 0 Å². The summed E-state index contributed by atoms with van der Waals surface area (Å²) in [6.07, 6.45) is 7.27. The van der Waals surface area contributed by atoms with Crippen LogP contribution in [-0.4, -0.2) is 0 Å². The third-order valence-corrected chi connectivity index (χ3v) is 0.726. The van der Waals surface area contributed by atoms with E-state index in [0.29, 0.717) is 0 Å². The van der Waals surface area contributed by atoms with Gasteiger partial charge in [-0.15, -0.1) is 0 Å². The Morgan fingerprint density at radius 2 is 2.38 bits per heavy atom. The van der Waals surface area contributed by atoms with Gasteiger partial charge >= 0.3 is 0 Å². The highest BCUT2D eigenvalue weighted by Crippen LogP contribution is 1.88. The molecule has 1 heteroatoms. The molecule has 0 amide bonds. The van der Waals surface area contributed by atoms with Crippen molar-refractivity contribution in [1.82, 2.24) is 0 Å². The van der Waals surface area contributed by atoms with Gasteiger partial charge in [-0.05, 0) is 12.5 Å². The molecule has 0 spiro atoms. The van der Waals surface area contributed by atoms with Gasteiger partial charge in [0.15, 0.2) is 0 Å². The molecule has 0 heterocycles. The van der Waals surface area contributed by atoms with Gasteiger partial charge in [0.25, 0.3) is 0 Å². The summed E-state index contributed by atoms with van der Waals surface area (Å²) in [4.78, 5) is 0. The van der Waals surface area contributed by atoms with E-state index >= 15 is 0 Å². The Balaban J connectivity index is 2.94. The summed E-state index contributed by atoms with van der Waals surface area (Å²) in [5.74, 6) is 0. The molecule has 46 valence electrons. The second-order valence-electron chi connectivity index (χ2n) is 1.46. The Morgan fingerprint density at radius 1 is 1.62 bits per heavy atom. The molecule has 8 heavy (non-hydrogen) atoms. The average Bonchev–Trinajstić information content (AvgIpc) is 1.81. The van der Waals surface area contributed by atoms with Gasteiger partial charge in [0, 0.05) is 0 Å². The number of rotatable bonds is 4. The summed E-state index contributed by atoms with van der Waals surface area (Å²) in [6.45, 7) is 5.51. The van der Waals surface area contributed by atoms with Gasteiger partial charge in [0.05, 0.1) is 12.5 Å². The summed E-state index contributed by atoms with van der Waals surface area (Å²) in [5, 5.41) is 0. The van der Waals surface area contributed by atoms with Crippen molar-refractivity contribution < 1.29 is 4.74 Å². The molecule has 0 saturated carbocycles. The Bertz CT molecular complexity index is 74.5. The molecule has 0 rings (SSSR count). The molecule has 0 aromatic carbocycles. The maximum Gasteiger partial charge on any atom is 0.0861 e. The van der Waals surface area contributed by atoms with Crippen LogP contribution in [-0.2, 0) is 4.74 Å². The normalized spacial score (nSPS) is 9.62. The average molecular weight is 112 g/mol. The lowest BCUT2D eigenvalue weighted by Gasteiger charge is -1.85. The minimum atomic E-state index is 1.08. The van der Waals surface area contributed by atoms with Crippen LogP contribution < -0.4 is 0 Å². The van der Waals surface area contributed by atoms with Crippen molar-refractivity contribution >= 4 is 0 Å². The first-order chi connectivity index (χ1) is 3.91. The topological polar surface area (TPSA) is 9.23 Å². The first kappa shape index (κ1) is 7.28. The minimum absolute atomic E-state index is 1.08. The van der Waals surface area contributed by atoms with E-state index < -0.39 is 0 Å². The van der Waals surface area contributed by atoms with Crippen LogP contribution in [0, 0.1) is 0 Å². The summed E-state index contributed by atoms with van der Waals surface area (Å²) >= 11 is 0. The smallest absolute Gasteiger partial charge is 0.0861 e. The first-order valence-corrected chi connectivity index (χ1v) is 2.83. The molecular weight excluding hydrogens is 100 g/mol. The van der Waals surface area contributed by atoms with Crippen molar-refractivity contribution in [2.75, 3.05) is 0 Å². The van der Waals surface area contributed by atoms with Crippen molar-refractivity contribution in [3.8, 4) is 0 Å². The molecule has 1 nitrogen and oxygen atoms in total. The molecule has 0 aliphatic heterocycles. The highest BCUT2D eigenvalue weighted by atomic mass is 16.5. The fourth-order valence-electron chi connectivity index (χ4n) is 0.346. The second-order valence-corrected chi connectivity index (χ2v) is 1.46. The van der Waals surface area contributed by atoms with Crippen LogP contribution in [0.15, 0.2) is 25.2 Å². The molecule has 0 atom stereocenters. The lowest BCUT2D eigenvalue weighted by molar-refractivity contribution is 0.402. The summed E-state index contributed by atoms with van der Waals surface area (Å²) in [7, 11) is 0. The molecule has 0 fully saturated rings. The van der Waals surface area contributed by atoms with Crippen molar-refractivity contribution in [3.63, 3.8) is 0 Å². The van der Waals surface area contributed by atoms with E-state index in [1.54, 1.807) is 6.26 Å². The zero-order valence-corrected chi connectivity index (χ0v) is 5.26. The van der Waals surface area contributed by atoms with E-state index in [9.17, 15) is 0 Å². The van der Waals surface area contributed by atoms with Gasteiger partial charge in [-0.2, -0.15) is 0 Å². The maximum absolute atomic E-state index is 4.72. The molecular formula is C7H12O. The van der Waals surface area contributed by atoms with Crippen LogP contribution in [0.25, 0.3) is 0 Å². The van der Waals surface area contributed by atoms with E-state index in [1.165, 1.54) is 6.26 Å². The van der Waals surface area contributed by atoms with E-state index in [1.807, 2.05) is 6.08 Å². The van der Waals surface area contributed by atoms with E-state index in [0.717, 1.165) is 12.8 Å². The van der Waals surface area contributed by atoms with E-state index in [2.05, 4.69) is 13.5 Å². The van der Waals surface area contributed by atoms with Gasteiger partial charge in [-0.25, -0.2) is 0 Å². The van der Waals surface area contributed by atoms with Crippen LogP contribution in [0.3, 0.4) is 0 Å². The number of hydrogen-bond acceptors (Lipinski definition) is 1. The third-order valence-electron chi connectivity index (χ3n) is 0.726. The van der Waals surface area contributed by atoms with Gasteiger partial charge in [-0.3, -0.25) is 0 Å². The predicted octanol–water partition coefficient (Wildman–Crippen LogP) is 2.46. The molecule has 0 radical (unpaired) electrons. The van der Waals surface area contributed by atoms with Gasteiger partial charge < -0.3 is 4.74 Å². The second kappa shape index (κ2) is 6.28. The zero-order valence-electron chi connectivity index (χ0n) is 5.26. The summed E-state index contributed by atoms with van der Waals surface area (Å²) < 4.78 is 4.72. The summed E-state index contributed by atoms with van der Waals surface area (Å²) in [5.41, 5.74) is 0. The van der Waals surface area contributed by atoms with Crippen molar-refractivity contribution in [1.29, 1.82) is 0 Å². The Labute approximate surface area is 50.7 Å². The molecule has 0 unspecified atom stereocenters. The molecule has 0 aliphatic rings. The molecule has 0 saturated heterocycles. The van der Waals surface area contributed by atoms with Crippen LogP contribution in [0.2, 0.25) is 0 Å². The number of allylic oxidation sites excluding steroid dienone is 1. The lowest BCUT2D eigenvalue weighted by atomic mass is 10.3. The van der Waals surface area contributed by atoms with Crippen LogP contribution in [0.5, 0.6) is 0 Å². The predicted molar refractivity (Wildman–Crippen MR) is 35.3 cm³/mol. The van der Waals surface area contributed by atoms with Crippen LogP contribution in [0.1, 0.15) is 19.8 Å². The highest BCUT2D eigenvalue weighted by Gasteiger charge is 1.69. The Hall–Kier alpha value is -0.720. The number of hydrogen-bond donors (Lipinski definition) is 0. The fourth-order valence-corrected chi connectivity index (χ4v) is 0.346. The number of unbranched alkanes of at least 4 members (excludes halogenated alkanes) is 1. The van der Waals surface area contributed by atoms with Crippen LogP contribution in [0.4, 0.5) is 0 Å². The Kier molecular flexibility index (Phi) is 5.71. The monoisotopic (exact) mass is 112 g/mol. The van der Waals surface area contributed by atoms with Crippen molar-refractivity contribution in [2.24, 2.45) is 0 Å². The molecule has 0 N–H and O–H groups in total. The SMILES string of the molecule is C=CO/C=C\CCC. The zero-order chi connectivity index (χ0) is 6.24. The molecule has 0 aliphatic carbocycles. The standard InChI is InChI=1S/C7H12O/c1-3-5-6-7-8-4-2/h4,6-7H,2-3,5H2,1H3/b7-6-. The molecule has 0 aromatic rings. The first-order valence-electron chi connectivity index (χ1n) is 2.83. The number of ether oxygens (including phenoxy) is 1. The largest absolute Gasteiger partial charge is 0.474 e. The summed E-state index contributed by atoms with van der Waals surface area (Å²) in [6, 6.07) is 0. The minimum Gasteiger partial charge on any atom is -0.474 e. The van der Waals surface area contributed by atoms with Crippen molar-refractivity contribution in [3.05, 3.63) is 25.2 Å². The fraction of sp³-hybridized carbons (Fsp3) is 0.429. The van der Waals surface area contributed by atoms with Crippen molar-refractivity contribution in [2.45, 2.75) is 19.8 Å². The highest BCUT2D eigenvalue weighted by molar-refractivity contribution is 4.74. The third kappa shape index (κ3) is 5.28. The van der Waals surface area contributed by atoms with Gasteiger partial charge in [-0.1, -0.05) is 19.9 Å². The molecule has 0 aromatic heterocycles. The Morgan fingerprint density at radius 3 is 2.88 bits per heavy atom. The van der Waals surface area contributed by atoms with Crippen LogP contribution >= 0.6 is 0 Å². The van der Waals surface area contributed by atoms with E-state index in [4.69, 9.17) is 4.74 Å². The quantitative estimate of drug-likeness (QED) is 0.507. The maximum atomic E-state index is 4.72. The molecule has 0 bridgehead atoms.